The molecule has 0 spiro atoms. The van der Waals surface area contributed by atoms with Gasteiger partial charge < -0.3 is 5.11 Å². The number of aliphatic hydroxyl groups is 1. The molecule has 7 unspecified atom stereocenters. The van der Waals surface area contributed by atoms with Crippen molar-refractivity contribution in [3.8, 4) is 0 Å². The summed E-state index contributed by atoms with van der Waals surface area (Å²) in [6, 6.07) is 0. The Kier molecular flexibility index (Phi) is 5.51. The van der Waals surface area contributed by atoms with E-state index in [4.69, 9.17) is 0 Å². The van der Waals surface area contributed by atoms with Gasteiger partial charge in [-0.3, -0.25) is 4.79 Å². The van der Waals surface area contributed by atoms with E-state index in [1.807, 2.05) is 13.0 Å². The van der Waals surface area contributed by atoms with Crippen LogP contribution >= 0.6 is 0 Å². The first-order valence-corrected chi connectivity index (χ1v) is 9.78. The van der Waals surface area contributed by atoms with Gasteiger partial charge in [0.05, 0.1) is 6.10 Å². The molecule has 0 aromatic carbocycles. The molecular formula is C21H32AcO2. The number of ketones is 1. The van der Waals surface area contributed by atoms with Crippen LogP contribution in [0.15, 0.2) is 11.6 Å². The van der Waals surface area contributed by atoms with E-state index in [1.54, 1.807) is 0 Å². The van der Waals surface area contributed by atoms with Crippen LogP contribution in [0, 0.1) is 78.6 Å². The number of rotatable bonds is 1. The molecule has 3 saturated carbocycles. The third-order valence-electron chi connectivity index (χ3n) is 8.62. The maximum atomic E-state index is 11.9. The standard InChI is InChI=1S/C21H32O2.Ac/c1-13(22)17-6-7-18-16-5-4-14-12-15(23)8-10-20(14,2)19(16)9-11-21(17,18)3;/h12-13,16-19,22H,4-11H2,1-3H3;. The van der Waals surface area contributed by atoms with Crippen LogP contribution < -0.4 is 0 Å². The number of carbonyl (C=O) groups is 1. The van der Waals surface area contributed by atoms with E-state index in [0.717, 1.165) is 37.0 Å². The van der Waals surface area contributed by atoms with E-state index in [9.17, 15) is 9.90 Å². The van der Waals surface area contributed by atoms with Gasteiger partial charge in [0.15, 0.2) is 5.78 Å². The molecule has 0 saturated heterocycles. The Hall–Kier alpha value is 0.812. The average Bonchev–Trinajstić information content (AvgIpc) is 2.85. The molecule has 7 atom stereocenters. The molecule has 0 aromatic rings. The molecule has 4 aliphatic carbocycles. The van der Waals surface area contributed by atoms with Crippen molar-refractivity contribution in [3.63, 3.8) is 0 Å². The number of hydrogen-bond donors (Lipinski definition) is 1. The Labute approximate surface area is 182 Å². The minimum Gasteiger partial charge on any atom is -0.393 e. The van der Waals surface area contributed by atoms with Gasteiger partial charge in [-0.15, -0.1) is 0 Å². The normalized spacial score (nSPS) is 48.5. The zero-order valence-electron chi connectivity index (χ0n) is 15.6. The molecule has 0 aromatic heterocycles. The summed E-state index contributed by atoms with van der Waals surface area (Å²) < 4.78 is 0. The van der Waals surface area contributed by atoms with E-state index in [2.05, 4.69) is 13.8 Å². The van der Waals surface area contributed by atoms with Crippen molar-refractivity contribution in [1.29, 1.82) is 0 Å². The molecule has 131 valence electrons. The number of allylic oxidation sites excluding steroid dienone is 1. The summed E-state index contributed by atoms with van der Waals surface area (Å²) in [7, 11) is 0. The fraction of sp³-hybridized carbons (Fsp3) is 0.857. The van der Waals surface area contributed by atoms with E-state index in [-0.39, 0.29) is 55.6 Å². The second-order valence-corrected chi connectivity index (χ2v) is 9.44. The molecule has 4 rings (SSSR count). The van der Waals surface area contributed by atoms with Crippen molar-refractivity contribution < 1.29 is 54.0 Å². The first kappa shape index (κ1) is 19.6. The second kappa shape index (κ2) is 6.76. The number of fused-ring (bicyclic) bond motifs is 5. The topological polar surface area (TPSA) is 37.3 Å². The Morgan fingerprint density at radius 2 is 1.83 bits per heavy atom. The predicted molar refractivity (Wildman–Crippen MR) is 91.9 cm³/mol. The number of aliphatic hydroxyl groups excluding tert-OH is 1. The Morgan fingerprint density at radius 1 is 1.08 bits per heavy atom. The largest absolute Gasteiger partial charge is 0.393 e. The SMILES string of the molecule is CC(O)C1CCC2C3CCC4=CC(=O)CCC4(C)C3CCC12C.[Ac]. The molecule has 3 heteroatoms. The van der Waals surface area contributed by atoms with Gasteiger partial charge in [-0.25, -0.2) is 0 Å². The number of hydrogen-bond acceptors (Lipinski definition) is 2. The maximum Gasteiger partial charge on any atom is 0.155 e. The minimum absolute atomic E-state index is 0. The molecule has 0 bridgehead atoms. The molecule has 3 fully saturated rings. The third kappa shape index (κ3) is 2.75. The van der Waals surface area contributed by atoms with Crippen molar-refractivity contribution >= 4 is 5.78 Å². The van der Waals surface area contributed by atoms with Crippen LogP contribution in [0.3, 0.4) is 0 Å². The Balaban J connectivity index is 0.00000169. The van der Waals surface area contributed by atoms with E-state index < -0.39 is 0 Å². The van der Waals surface area contributed by atoms with Gasteiger partial charge in [-0.2, -0.15) is 0 Å². The van der Waals surface area contributed by atoms with Crippen molar-refractivity contribution in [2.24, 2.45) is 34.5 Å². The van der Waals surface area contributed by atoms with Gasteiger partial charge in [-0.1, -0.05) is 19.4 Å². The van der Waals surface area contributed by atoms with Crippen LogP contribution in [0.1, 0.15) is 72.1 Å². The van der Waals surface area contributed by atoms with Gasteiger partial charge in [0, 0.05) is 50.5 Å². The summed E-state index contributed by atoms with van der Waals surface area (Å²) in [5.41, 5.74) is 2.09. The fourth-order valence-corrected chi connectivity index (χ4v) is 7.39. The summed E-state index contributed by atoms with van der Waals surface area (Å²) in [5, 5.41) is 10.3. The van der Waals surface area contributed by atoms with Gasteiger partial charge in [0.2, 0.25) is 0 Å². The first-order valence-electron chi connectivity index (χ1n) is 9.78. The molecule has 1 N–H and O–H groups in total. The molecular weight excluding hydrogens is 511 g/mol. The summed E-state index contributed by atoms with van der Waals surface area (Å²) >= 11 is 0. The minimum atomic E-state index is -0.163. The molecule has 4 aliphatic rings. The zero-order valence-corrected chi connectivity index (χ0v) is 20.3. The molecule has 0 aliphatic heterocycles. The van der Waals surface area contributed by atoms with Gasteiger partial charge in [0.1, 0.15) is 0 Å². The molecule has 1 radical (unpaired) electrons. The number of carbonyl (C=O) groups excluding carboxylic acids is 1. The van der Waals surface area contributed by atoms with Crippen LogP contribution in [0.25, 0.3) is 0 Å². The Bertz CT molecular complexity index is 554. The third-order valence-corrected chi connectivity index (χ3v) is 8.62. The smallest absolute Gasteiger partial charge is 0.155 e. The summed E-state index contributed by atoms with van der Waals surface area (Å²) in [4.78, 5) is 11.9. The van der Waals surface area contributed by atoms with Gasteiger partial charge >= 0.3 is 0 Å². The zero-order chi connectivity index (χ0) is 16.4. The van der Waals surface area contributed by atoms with E-state index in [1.165, 1.54) is 37.7 Å². The van der Waals surface area contributed by atoms with Crippen molar-refractivity contribution in [2.45, 2.75) is 78.2 Å². The van der Waals surface area contributed by atoms with Crippen LogP contribution in [-0.2, 0) is 4.79 Å². The molecule has 0 heterocycles. The predicted octanol–water partition coefficient (Wildman–Crippen LogP) is 4.52. The van der Waals surface area contributed by atoms with Gasteiger partial charge in [-0.05, 0) is 92.4 Å². The first-order chi connectivity index (χ1) is 10.9. The van der Waals surface area contributed by atoms with E-state index in [0.29, 0.717) is 17.1 Å². The summed E-state index contributed by atoms with van der Waals surface area (Å²) in [5.74, 6) is 3.21. The quantitative estimate of drug-likeness (QED) is 0.529. The van der Waals surface area contributed by atoms with Gasteiger partial charge in [0.25, 0.3) is 0 Å². The fourth-order valence-electron chi connectivity index (χ4n) is 7.39. The summed E-state index contributed by atoms with van der Waals surface area (Å²) in [6.45, 7) is 6.92. The van der Waals surface area contributed by atoms with Crippen LogP contribution in [-0.4, -0.2) is 17.0 Å². The van der Waals surface area contributed by atoms with E-state index >= 15 is 0 Å². The molecule has 24 heavy (non-hydrogen) atoms. The van der Waals surface area contributed by atoms with Crippen molar-refractivity contribution in [3.05, 3.63) is 11.6 Å². The Morgan fingerprint density at radius 3 is 2.54 bits per heavy atom. The monoisotopic (exact) mass is 543 g/mol. The van der Waals surface area contributed by atoms with Crippen LogP contribution in [0.5, 0.6) is 0 Å². The van der Waals surface area contributed by atoms with Crippen LogP contribution in [0.2, 0.25) is 0 Å². The summed E-state index contributed by atoms with van der Waals surface area (Å²) in [6.07, 6.45) is 11.1. The van der Waals surface area contributed by atoms with Crippen LogP contribution in [0.4, 0.5) is 0 Å². The maximum absolute atomic E-state index is 11.9. The van der Waals surface area contributed by atoms with Crippen molar-refractivity contribution in [1.82, 2.24) is 0 Å². The molecule has 2 nitrogen and oxygen atoms in total. The second-order valence-electron chi connectivity index (χ2n) is 9.44. The molecule has 0 amide bonds. The van der Waals surface area contributed by atoms with Crippen molar-refractivity contribution in [2.75, 3.05) is 0 Å². The average molecular weight is 543 g/mol.